The zero-order valence-corrected chi connectivity index (χ0v) is 24.9. The summed E-state index contributed by atoms with van der Waals surface area (Å²) in [5, 5.41) is 17.4. The molecule has 1 fully saturated rings. The number of amides is 2. The zero-order valence-electron chi connectivity index (χ0n) is 24.9. The lowest BCUT2D eigenvalue weighted by atomic mass is 10.0. The molecular formula is C32H35N7O5. The van der Waals surface area contributed by atoms with Crippen LogP contribution < -0.4 is 21.8 Å². The molecule has 5 rings (SSSR count). The van der Waals surface area contributed by atoms with Crippen molar-refractivity contribution in [3.63, 3.8) is 0 Å². The predicted molar refractivity (Wildman–Crippen MR) is 167 cm³/mol. The highest BCUT2D eigenvalue weighted by Crippen LogP contribution is 2.33. The number of phenols is 1. The van der Waals surface area contributed by atoms with E-state index in [4.69, 9.17) is 0 Å². The van der Waals surface area contributed by atoms with Crippen molar-refractivity contribution in [2.75, 3.05) is 36.8 Å². The summed E-state index contributed by atoms with van der Waals surface area (Å²) in [5.41, 5.74) is 0.486. The average Bonchev–Trinajstić information content (AvgIpc) is 3.07. The van der Waals surface area contributed by atoms with Gasteiger partial charge in [0.15, 0.2) is 5.75 Å². The maximum absolute atomic E-state index is 13.5. The van der Waals surface area contributed by atoms with E-state index in [1.807, 2.05) is 37.3 Å². The molecule has 4 aromatic rings. The van der Waals surface area contributed by atoms with Gasteiger partial charge in [0.2, 0.25) is 0 Å². The SMILES string of the molecule is CC[C@@H](Nc1c(Nc2cccc(C(=O)N3CCN(C(=O)c4ccccn4)CC3)c2O)c(=O)n(C)n(C)c1=O)c1ccccc1. The van der Waals surface area contributed by atoms with Gasteiger partial charge >= 0.3 is 0 Å². The molecule has 1 atom stereocenters. The monoisotopic (exact) mass is 597 g/mol. The van der Waals surface area contributed by atoms with E-state index in [9.17, 15) is 24.3 Å². The van der Waals surface area contributed by atoms with Crippen LogP contribution >= 0.6 is 0 Å². The lowest BCUT2D eigenvalue weighted by molar-refractivity contribution is 0.0530. The Hall–Kier alpha value is -5.39. The topological polar surface area (TPSA) is 142 Å². The lowest BCUT2D eigenvalue weighted by Gasteiger charge is -2.34. The first-order valence-electron chi connectivity index (χ1n) is 14.4. The number of carbonyl (C=O) groups excluding carboxylic acids is 2. The van der Waals surface area contributed by atoms with Crippen LogP contribution in [0.4, 0.5) is 17.1 Å². The summed E-state index contributed by atoms with van der Waals surface area (Å²) in [4.78, 5) is 60.4. The van der Waals surface area contributed by atoms with E-state index < -0.39 is 17.0 Å². The van der Waals surface area contributed by atoms with Crippen LogP contribution in [-0.4, -0.2) is 67.2 Å². The van der Waals surface area contributed by atoms with Crippen molar-refractivity contribution in [1.29, 1.82) is 0 Å². The van der Waals surface area contributed by atoms with Gasteiger partial charge in [-0.25, -0.2) is 9.36 Å². The molecule has 2 aromatic carbocycles. The fraction of sp³-hybridized carbons (Fsp3) is 0.281. The first-order chi connectivity index (χ1) is 21.2. The number of aromatic hydroxyl groups is 1. The maximum Gasteiger partial charge on any atom is 0.290 e. The van der Waals surface area contributed by atoms with Gasteiger partial charge in [-0.2, -0.15) is 0 Å². The van der Waals surface area contributed by atoms with Crippen molar-refractivity contribution in [2.24, 2.45) is 14.1 Å². The second kappa shape index (κ2) is 12.9. The van der Waals surface area contributed by atoms with Gasteiger partial charge in [0.1, 0.15) is 17.1 Å². The number of para-hydroxylation sites is 1. The third-order valence-electron chi connectivity index (χ3n) is 7.91. The number of piperazine rings is 1. The molecule has 3 heterocycles. The van der Waals surface area contributed by atoms with Gasteiger partial charge in [-0.15, -0.1) is 0 Å². The number of anilines is 3. The molecule has 1 saturated heterocycles. The molecule has 0 radical (unpaired) electrons. The average molecular weight is 598 g/mol. The third-order valence-corrected chi connectivity index (χ3v) is 7.91. The second-order valence-electron chi connectivity index (χ2n) is 10.5. The number of pyridine rings is 1. The molecule has 0 aliphatic carbocycles. The number of phenolic OH excluding ortho intramolecular Hbond substituents is 1. The van der Waals surface area contributed by atoms with E-state index in [-0.39, 0.29) is 53.4 Å². The third kappa shape index (κ3) is 5.91. The summed E-state index contributed by atoms with van der Waals surface area (Å²) in [7, 11) is 2.98. The quantitative estimate of drug-likeness (QED) is 0.263. The molecule has 12 nitrogen and oxygen atoms in total. The minimum atomic E-state index is -0.498. The largest absolute Gasteiger partial charge is 0.505 e. The number of nitrogens with zero attached hydrogens (tertiary/aromatic N) is 5. The molecule has 1 aliphatic rings. The smallest absolute Gasteiger partial charge is 0.290 e. The molecule has 2 aromatic heterocycles. The number of aromatic nitrogens is 3. The van der Waals surface area contributed by atoms with Crippen molar-refractivity contribution in [1.82, 2.24) is 24.1 Å². The van der Waals surface area contributed by atoms with E-state index in [0.717, 1.165) is 5.56 Å². The van der Waals surface area contributed by atoms with Crippen molar-refractivity contribution in [3.05, 3.63) is 110 Å². The standard InChI is InChI=1S/C32H35N7O5/c1-4-23(21-11-6-5-7-12-21)34-26-27(32(44)37(3)36(2)31(26)43)35-24-15-10-13-22(28(24)40)29(41)38-17-19-39(20-18-38)30(42)25-14-8-9-16-33-25/h5-16,23,34-35,40H,4,17-20H2,1-3H3/t23-/m1/s1. The van der Waals surface area contributed by atoms with Crippen LogP contribution in [0, 0.1) is 0 Å². The van der Waals surface area contributed by atoms with Crippen LogP contribution in [-0.2, 0) is 14.1 Å². The highest BCUT2D eigenvalue weighted by Gasteiger charge is 2.28. The van der Waals surface area contributed by atoms with Crippen molar-refractivity contribution >= 4 is 28.9 Å². The van der Waals surface area contributed by atoms with E-state index >= 15 is 0 Å². The van der Waals surface area contributed by atoms with E-state index in [1.165, 1.54) is 35.6 Å². The van der Waals surface area contributed by atoms with Crippen LogP contribution in [0.25, 0.3) is 0 Å². The van der Waals surface area contributed by atoms with Gasteiger partial charge in [0, 0.05) is 46.5 Å². The molecule has 0 saturated carbocycles. The Morgan fingerprint density at radius 2 is 1.43 bits per heavy atom. The van der Waals surface area contributed by atoms with Gasteiger partial charge in [0.05, 0.1) is 17.3 Å². The molecule has 228 valence electrons. The van der Waals surface area contributed by atoms with Crippen molar-refractivity contribution in [2.45, 2.75) is 19.4 Å². The highest BCUT2D eigenvalue weighted by atomic mass is 16.3. The van der Waals surface area contributed by atoms with Crippen LogP contribution in [0.5, 0.6) is 5.75 Å². The van der Waals surface area contributed by atoms with Gasteiger partial charge in [-0.1, -0.05) is 49.4 Å². The molecule has 12 heteroatoms. The number of hydrogen-bond donors (Lipinski definition) is 3. The highest BCUT2D eigenvalue weighted by molar-refractivity contribution is 5.99. The van der Waals surface area contributed by atoms with Crippen LogP contribution in [0.2, 0.25) is 0 Å². The molecule has 3 N–H and O–H groups in total. The lowest BCUT2D eigenvalue weighted by Crippen LogP contribution is -2.50. The number of rotatable bonds is 8. The minimum absolute atomic E-state index is 0.0328. The molecule has 2 amide bonds. The van der Waals surface area contributed by atoms with Crippen LogP contribution in [0.1, 0.15) is 45.8 Å². The normalized spacial score (nSPS) is 13.8. The summed E-state index contributed by atoms with van der Waals surface area (Å²) < 4.78 is 2.39. The number of hydrogen-bond acceptors (Lipinski definition) is 8. The molecule has 0 bridgehead atoms. The van der Waals surface area contributed by atoms with E-state index in [2.05, 4.69) is 15.6 Å². The summed E-state index contributed by atoms with van der Waals surface area (Å²) in [6.45, 7) is 3.15. The Balaban J connectivity index is 1.39. The van der Waals surface area contributed by atoms with Crippen molar-refractivity contribution < 1.29 is 14.7 Å². The number of carbonyl (C=O) groups is 2. The van der Waals surface area contributed by atoms with E-state index in [0.29, 0.717) is 25.2 Å². The first-order valence-corrected chi connectivity index (χ1v) is 14.4. The van der Waals surface area contributed by atoms with Gasteiger partial charge < -0.3 is 25.5 Å². The Morgan fingerprint density at radius 3 is 2.05 bits per heavy atom. The van der Waals surface area contributed by atoms with Crippen LogP contribution in [0.3, 0.4) is 0 Å². The van der Waals surface area contributed by atoms with Crippen molar-refractivity contribution in [3.8, 4) is 5.75 Å². The Labute approximate surface area is 254 Å². The molecule has 44 heavy (non-hydrogen) atoms. The van der Waals surface area contributed by atoms with Gasteiger partial charge in [-0.3, -0.25) is 24.2 Å². The fourth-order valence-electron chi connectivity index (χ4n) is 5.23. The number of nitrogens with one attached hydrogen (secondary N) is 2. The Morgan fingerprint density at radius 1 is 0.818 bits per heavy atom. The Kier molecular flexibility index (Phi) is 8.79. The molecule has 0 spiro atoms. The van der Waals surface area contributed by atoms with Gasteiger partial charge in [0.25, 0.3) is 22.9 Å². The zero-order chi connectivity index (χ0) is 31.4. The number of benzene rings is 2. The summed E-state index contributed by atoms with van der Waals surface area (Å²) in [6.07, 6.45) is 2.20. The maximum atomic E-state index is 13.5. The van der Waals surface area contributed by atoms with Gasteiger partial charge in [-0.05, 0) is 36.2 Å². The molecule has 0 unspecified atom stereocenters. The van der Waals surface area contributed by atoms with Crippen LogP contribution in [0.15, 0.2) is 82.5 Å². The first kappa shape index (κ1) is 30.1. The second-order valence-corrected chi connectivity index (χ2v) is 10.5. The Bertz CT molecular complexity index is 1780. The summed E-state index contributed by atoms with van der Waals surface area (Å²) >= 11 is 0. The predicted octanol–water partition coefficient (Wildman–Crippen LogP) is 3.09. The van der Waals surface area contributed by atoms with E-state index in [1.54, 1.807) is 40.3 Å². The fourth-order valence-corrected chi connectivity index (χ4v) is 5.23. The summed E-state index contributed by atoms with van der Waals surface area (Å²) in [5.74, 6) is -0.973. The molecule has 1 aliphatic heterocycles. The summed E-state index contributed by atoms with van der Waals surface area (Å²) in [6, 6.07) is 19.1. The minimum Gasteiger partial charge on any atom is -0.505 e. The molecular weight excluding hydrogens is 562 g/mol.